The molecule has 0 radical (unpaired) electrons. The zero-order valence-corrected chi connectivity index (χ0v) is 13.1. The average Bonchev–Trinajstić information content (AvgIpc) is 3.05. The van der Waals surface area contributed by atoms with Crippen LogP contribution >= 0.6 is 0 Å². The van der Waals surface area contributed by atoms with Gasteiger partial charge in [-0.25, -0.2) is 14.2 Å². The van der Waals surface area contributed by atoms with Crippen molar-refractivity contribution >= 4 is 23.1 Å². The number of hydrogen-bond acceptors (Lipinski definition) is 8. The fraction of sp³-hybridized carbons (Fsp3) is 0.429. The Morgan fingerprint density at radius 1 is 1.60 bits per heavy atom. The molecule has 2 aromatic rings. The molecule has 0 spiro atoms. The number of esters is 1. The molecule has 4 N–H and O–H groups in total. The summed E-state index contributed by atoms with van der Waals surface area (Å²) < 4.78 is 12.0. The Balaban J connectivity index is 2.22. The summed E-state index contributed by atoms with van der Waals surface area (Å²) in [5, 5.41) is 10.2. The van der Waals surface area contributed by atoms with Gasteiger partial charge in [0.25, 0.3) is 5.56 Å². The van der Waals surface area contributed by atoms with E-state index in [1.807, 2.05) is 0 Å². The van der Waals surface area contributed by atoms with E-state index in [1.54, 1.807) is 0 Å². The van der Waals surface area contributed by atoms with E-state index in [2.05, 4.69) is 20.6 Å². The molecule has 11 heteroatoms. The lowest BCUT2D eigenvalue weighted by Gasteiger charge is -2.15. The van der Waals surface area contributed by atoms with Crippen LogP contribution in [-0.2, 0) is 20.8 Å². The third kappa shape index (κ3) is 2.57. The number of aromatic amines is 1. The van der Waals surface area contributed by atoms with Crippen molar-refractivity contribution in [2.45, 2.75) is 31.4 Å². The Hall–Kier alpha value is -3.10. The summed E-state index contributed by atoms with van der Waals surface area (Å²) in [6.45, 7) is -0.194. The predicted octanol–water partition coefficient (Wildman–Crippen LogP) is -2.08. The highest BCUT2D eigenvalue weighted by Crippen LogP contribution is 2.30. The number of nitrogens with zero attached hydrogens (tertiary/aromatic N) is 3. The zero-order valence-electron chi connectivity index (χ0n) is 13.1. The third-order valence-corrected chi connectivity index (χ3v) is 3.89. The molecule has 0 aliphatic carbocycles. The molecular weight excluding hydrogens is 334 g/mol. The molecule has 3 rings (SSSR count). The predicted molar refractivity (Wildman–Crippen MR) is 84.4 cm³/mol. The van der Waals surface area contributed by atoms with Gasteiger partial charge in [0.1, 0.15) is 6.10 Å². The number of carbonyl (C=O) groups excluding carboxylic acids is 1. The number of nitrogens with two attached hydrogens (primary N) is 1. The quantitative estimate of drug-likeness (QED) is 0.421. The molecule has 0 saturated carbocycles. The van der Waals surface area contributed by atoms with Gasteiger partial charge in [0.2, 0.25) is 5.95 Å². The first-order chi connectivity index (χ1) is 11.9. The maximum atomic E-state index is 12.7. The van der Waals surface area contributed by atoms with Crippen molar-refractivity contribution in [3.05, 3.63) is 20.8 Å². The average molecular weight is 349 g/mol. The second-order valence-corrected chi connectivity index (χ2v) is 5.41. The third-order valence-electron chi connectivity index (χ3n) is 3.89. The van der Waals surface area contributed by atoms with E-state index in [-0.39, 0.29) is 30.1 Å². The summed E-state index contributed by atoms with van der Waals surface area (Å²) in [5.41, 5.74) is 3.97. The van der Waals surface area contributed by atoms with Crippen molar-refractivity contribution in [3.63, 3.8) is 0 Å². The van der Waals surface area contributed by atoms with Crippen LogP contribution in [0.3, 0.4) is 0 Å². The number of aliphatic hydroxyl groups excluding tert-OH is 1. The summed E-state index contributed by atoms with van der Waals surface area (Å²) >= 11 is 0. The van der Waals surface area contributed by atoms with Gasteiger partial charge in [-0.2, -0.15) is 4.98 Å². The Bertz CT molecular complexity index is 996. The van der Waals surface area contributed by atoms with Crippen LogP contribution in [0, 0.1) is 12.3 Å². The highest BCUT2D eigenvalue weighted by molar-refractivity contribution is 5.75. The van der Waals surface area contributed by atoms with E-state index in [9.17, 15) is 19.5 Å². The number of imidazole rings is 1. The van der Waals surface area contributed by atoms with E-state index < -0.39 is 35.7 Å². The molecule has 2 aromatic heterocycles. The fourth-order valence-corrected chi connectivity index (χ4v) is 2.83. The van der Waals surface area contributed by atoms with Gasteiger partial charge in [-0.3, -0.25) is 14.3 Å². The molecule has 3 atom stereocenters. The fourth-order valence-electron chi connectivity index (χ4n) is 2.83. The number of carbonyl (C=O) groups is 1. The number of anilines is 1. The highest BCUT2D eigenvalue weighted by Gasteiger charge is 2.42. The number of ether oxygens (including phenoxy) is 2. The van der Waals surface area contributed by atoms with Crippen LogP contribution in [0.25, 0.3) is 11.2 Å². The summed E-state index contributed by atoms with van der Waals surface area (Å²) in [4.78, 5) is 42.8. The minimum atomic E-state index is -1.24. The molecular formula is C14H15N5O6. The van der Waals surface area contributed by atoms with Crippen molar-refractivity contribution in [1.82, 2.24) is 19.1 Å². The number of rotatable bonds is 3. The van der Waals surface area contributed by atoms with Crippen LogP contribution in [0.4, 0.5) is 5.95 Å². The summed E-state index contributed by atoms with van der Waals surface area (Å²) in [6, 6.07) is 0. The van der Waals surface area contributed by atoms with Crippen LogP contribution in [0.5, 0.6) is 0 Å². The molecule has 132 valence electrons. The molecule has 11 nitrogen and oxygen atoms in total. The SMILES string of the molecule is C#CCn1c(=O)n([C@@H]2O[C@@H](C(=O)OC)C[C@H]2O)c2nc(N)[nH]c(=O)c21. The molecule has 0 bridgehead atoms. The van der Waals surface area contributed by atoms with Crippen LogP contribution in [-0.4, -0.2) is 49.5 Å². The number of hydrogen-bond donors (Lipinski definition) is 3. The van der Waals surface area contributed by atoms with Crippen molar-refractivity contribution in [1.29, 1.82) is 0 Å². The van der Waals surface area contributed by atoms with E-state index in [1.165, 1.54) is 7.11 Å². The second-order valence-electron chi connectivity index (χ2n) is 5.41. The molecule has 25 heavy (non-hydrogen) atoms. The summed E-state index contributed by atoms with van der Waals surface area (Å²) in [6.07, 6.45) is 1.68. The maximum Gasteiger partial charge on any atom is 0.335 e. The van der Waals surface area contributed by atoms with Gasteiger partial charge in [-0.15, -0.1) is 6.42 Å². The Morgan fingerprint density at radius 2 is 2.32 bits per heavy atom. The number of terminal acetylenes is 1. The first kappa shape index (κ1) is 16.7. The molecule has 1 saturated heterocycles. The second kappa shape index (κ2) is 6.08. The lowest BCUT2D eigenvalue weighted by atomic mass is 10.2. The highest BCUT2D eigenvalue weighted by atomic mass is 16.6. The molecule has 1 fully saturated rings. The van der Waals surface area contributed by atoms with Gasteiger partial charge in [-0.1, -0.05) is 5.92 Å². The van der Waals surface area contributed by atoms with Crippen LogP contribution in [0.2, 0.25) is 0 Å². The normalized spacial score (nSPS) is 22.8. The largest absolute Gasteiger partial charge is 0.467 e. The first-order valence-corrected chi connectivity index (χ1v) is 7.24. The molecule has 0 amide bonds. The Morgan fingerprint density at radius 3 is 2.96 bits per heavy atom. The number of nitrogens with one attached hydrogen (secondary N) is 1. The van der Waals surface area contributed by atoms with E-state index in [0.29, 0.717) is 0 Å². The van der Waals surface area contributed by atoms with Gasteiger partial charge in [0.05, 0.1) is 13.7 Å². The number of methoxy groups -OCH3 is 1. The zero-order chi connectivity index (χ0) is 18.3. The van der Waals surface area contributed by atoms with Gasteiger partial charge < -0.3 is 20.3 Å². The number of aliphatic hydroxyl groups is 1. The van der Waals surface area contributed by atoms with Crippen molar-refractivity contribution in [2.75, 3.05) is 12.8 Å². The van der Waals surface area contributed by atoms with Gasteiger partial charge in [0, 0.05) is 6.42 Å². The minimum absolute atomic E-state index is 0.0791. The lowest BCUT2D eigenvalue weighted by Crippen LogP contribution is -2.32. The van der Waals surface area contributed by atoms with Crippen LogP contribution in [0.15, 0.2) is 9.59 Å². The van der Waals surface area contributed by atoms with Crippen molar-refractivity contribution < 1.29 is 19.4 Å². The van der Waals surface area contributed by atoms with Gasteiger partial charge in [-0.05, 0) is 0 Å². The van der Waals surface area contributed by atoms with Gasteiger partial charge >= 0.3 is 11.7 Å². The van der Waals surface area contributed by atoms with Crippen LogP contribution in [0.1, 0.15) is 12.6 Å². The smallest absolute Gasteiger partial charge is 0.335 e. The standard InChI is InChI=1S/C14H15N5O6/c1-3-4-18-8-9(16-13(15)17-10(8)21)19(14(18)23)11-6(20)5-7(25-11)12(22)24-2/h1,6-7,11,20H,4-5H2,2H3,(H3,15,16,17,21)/t6-,7-,11-/m1/s1. The molecule has 3 heterocycles. The number of H-pyrrole nitrogens is 1. The number of aromatic nitrogens is 4. The summed E-state index contributed by atoms with van der Waals surface area (Å²) in [5.74, 6) is 1.36. The monoisotopic (exact) mass is 349 g/mol. The Kier molecular flexibility index (Phi) is 4.07. The molecule has 0 unspecified atom stereocenters. The van der Waals surface area contributed by atoms with Crippen LogP contribution < -0.4 is 17.0 Å². The molecule has 0 aromatic carbocycles. The number of fused-ring (bicyclic) bond motifs is 1. The van der Waals surface area contributed by atoms with E-state index >= 15 is 0 Å². The van der Waals surface area contributed by atoms with E-state index in [4.69, 9.17) is 16.9 Å². The molecule has 1 aliphatic heterocycles. The van der Waals surface area contributed by atoms with Crippen molar-refractivity contribution in [3.8, 4) is 12.3 Å². The minimum Gasteiger partial charge on any atom is -0.467 e. The lowest BCUT2D eigenvalue weighted by molar-refractivity contribution is -0.155. The van der Waals surface area contributed by atoms with Gasteiger partial charge in [0.15, 0.2) is 23.5 Å². The summed E-state index contributed by atoms with van der Waals surface area (Å²) in [7, 11) is 1.18. The number of nitrogen functional groups attached to an aromatic ring is 1. The topological polar surface area (TPSA) is 154 Å². The van der Waals surface area contributed by atoms with E-state index in [0.717, 1.165) is 9.13 Å². The van der Waals surface area contributed by atoms with Crippen molar-refractivity contribution in [2.24, 2.45) is 0 Å². The molecule has 1 aliphatic rings. The maximum absolute atomic E-state index is 12.7. The first-order valence-electron chi connectivity index (χ1n) is 7.24. The Labute approximate surface area is 140 Å².